The SMILES string of the molecule is O=C(O)C1COCCN(C(=O)CCCn2cncn2)C1. The van der Waals surface area contributed by atoms with Crippen LogP contribution in [0.1, 0.15) is 12.8 Å². The highest BCUT2D eigenvalue weighted by Gasteiger charge is 2.26. The van der Waals surface area contributed by atoms with E-state index in [2.05, 4.69) is 10.1 Å². The molecule has 1 unspecified atom stereocenters. The molecule has 2 heterocycles. The summed E-state index contributed by atoms with van der Waals surface area (Å²) < 4.78 is 6.88. The largest absolute Gasteiger partial charge is 0.481 e. The number of ether oxygens (including phenoxy) is 1. The third-order valence-corrected chi connectivity index (χ3v) is 3.21. The van der Waals surface area contributed by atoms with Crippen LogP contribution in [0, 0.1) is 5.92 Å². The first-order valence-corrected chi connectivity index (χ1v) is 6.57. The molecule has 0 saturated carbocycles. The van der Waals surface area contributed by atoms with Gasteiger partial charge in [-0.2, -0.15) is 5.10 Å². The van der Waals surface area contributed by atoms with E-state index in [1.165, 1.54) is 6.33 Å². The Morgan fingerprint density at radius 3 is 3.00 bits per heavy atom. The van der Waals surface area contributed by atoms with E-state index < -0.39 is 11.9 Å². The molecule has 1 aromatic heterocycles. The number of hydrogen-bond donors (Lipinski definition) is 1. The van der Waals surface area contributed by atoms with Crippen molar-refractivity contribution in [3.8, 4) is 0 Å². The lowest BCUT2D eigenvalue weighted by molar-refractivity contribution is -0.144. The van der Waals surface area contributed by atoms with E-state index in [9.17, 15) is 9.59 Å². The maximum atomic E-state index is 12.1. The van der Waals surface area contributed by atoms with Gasteiger partial charge in [0.1, 0.15) is 12.7 Å². The maximum absolute atomic E-state index is 12.1. The maximum Gasteiger partial charge on any atom is 0.310 e. The van der Waals surface area contributed by atoms with Crippen LogP contribution in [0.2, 0.25) is 0 Å². The lowest BCUT2D eigenvalue weighted by Gasteiger charge is -2.21. The Morgan fingerprint density at radius 2 is 2.30 bits per heavy atom. The van der Waals surface area contributed by atoms with Crippen LogP contribution in [-0.2, 0) is 20.9 Å². The lowest BCUT2D eigenvalue weighted by atomic mass is 10.1. The number of carbonyl (C=O) groups excluding carboxylic acids is 1. The van der Waals surface area contributed by atoms with Crippen molar-refractivity contribution in [2.24, 2.45) is 5.92 Å². The van der Waals surface area contributed by atoms with Crippen molar-refractivity contribution >= 4 is 11.9 Å². The van der Waals surface area contributed by atoms with Crippen molar-refractivity contribution < 1.29 is 19.4 Å². The molecule has 0 bridgehead atoms. The van der Waals surface area contributed by atoms with Crippen molar-refractivity contribution in [3.05, 3.63) is 12.7 Å². The molecule has 1 aliphatic rings. The van der Waals surface area contributed by atoms with Gasteiger partial charge in [-0.05, 0) is 6.42 Å². The molecule has 8 nitrogen and oxygen atoms in total. The summed E-state index contributed by atoms with van der Waals surface area (Å²) in [6.45, 7) is 1.85. The minimum atomic E-state index is -0.924. The molecule has 2 rings (SSSR count). The van der Waals surface area contributed by atoms with E-state index in [-0.39, 0.29) is 19.1 Å². The van der Waals surface area contributed by atoms with E-state index in [0.717, 1.165) is 0 Å². The van der Waals surface area contributed by atoms with E-state index in [1.807, 2.05) is 0 Å². The number of hydrogen-bond acceptors (Lipinski definition) is 5. The van der Waals surface area contributed by atoms with Crippen LogP contribution in [0.15, 0.2) is 12.7 Å². The molecule has 1 aliphatic heterocycles. The molecule has 20 heavy (non-hydrogen) atoms. The molecular weight excluding hydrogens is 264 g/mol. The van der Waals surface area contributed by atoms with Gasteiger partial charge in [0.2, 0.25) is 5.91 Å². The van der Waals surface area contributed by atoms with Gasteiger partial charge in [0.05, 0.1) is 19.1 Å². The highest BCUT2D eigenvalue weighted by atomic mass is 16.5. The van der Waals surface area contributed by atoms with Gasteiger partial charge in [-0.25, -0.2) is 4.98 Å². The molecule has 110 valence electrons. The second-order valence-corrected chi connectivity index (χ2v) is 4.71. The summed E-state index contributed by atoms with van der Waals surface area (Å²) in [6.07, 6.45) is 4.07. The number of aliphatic carboxylic acids is 1. The van der Waals surface area contributed by atoms with Gasteiger partial charge >= 0.3 is 5.97 Å². The third kappa shape index (κ3) is 4.02. The van der Waals surface area contributed by atoms with Crippen LogP contribution in [0.4, 0.5) is 0 Å². The number of rotatable bonds is 5. The van der Waals surface area contributed by atoms with Crippen LogP contribution in [0.5, 0.6) is 0 Å². The van der Waals surface area contributed by atoms with Gasteiger partial charge in [0.15, 0.2) is 0 Å². The summed E-state index contributed by atoms with van der Waals surface area (Å²) in [5.74, 6) is -1.61. The Hall–Kier alpha value is -1.96. The fraction of sp³-hybridized carbons (Fsp3) is 0.667. The Morgan fingerprint density at radius 1 is 1.45 bits per heavy atom. The molecule has 0 aromatic carbocycles. The van der Waals surface area contributed by atoms with Crippen LogP contribution in [0.25, 0.3) is 0 Å². The standard InChI is InChI=1S/C12H18N4O4/c17-11(2-1-3-16-9-13-8-14-16)15-4-5-20-7-10(6-15)12(18)19/h8-10H,1-7H2,(H,18,19). The Balaban J connectivity index is 1.79. The van der Waals surface area contributed by atoms with Crippen LogP contribution < -0.4 is 0 Å². The van der Waals surface area contributed by atoms with Crippen LogP contribution >= 0.6 is 0 Å². The molecule has 0 radical (unpaired) electrons. The smallest absolute Gasteiger partial charge is 0.310 e. The summed E-state index contributed by atoms with van der Waals surface area (Å²) in [6, 6.07) is 0. The Labute approximate surface area is 116 Å². The monoisotopic (exact) mass is 282 g/mol. The molecule has 1 amide bonds. The van der Waals surface area contributed by atoms with E-state index >= 15 is 0 Å². The summed E-state index contributed by atoms with van der Waals surface area (Å²) in [7, 11) is 0. The quantitative estimate of drug-likeness (QED) is 0.790. The zero-order valence-electron chi connectivity index (χ0n) is 11.1. The highest BCUT2D eigenvalue weighted by molar-refractivity contribution is 5.77. The van der Waals surface area contributed by atoms with Gasteiger partial charge in [-0.1, -0.05) is 0 Å². The van der Waals surface area contributed by atoms with Crippen molar-refractivity contribution in [3.63, 3.8) is 0 Å². The number of aromatic nitrogens is 3. The number of aryl methyl sites for hydroxylation is 1. The predicted molar refractivity (Wildman–Crippen MR) is 67.8 cm³/mol. The average molecular weight is 282 g/mol. The number of nitrogens with zero attached hydrogens (tertiary/aromatic N) is 4. The summed E-state index contributed by atoms with van der Waals surface area (Å²) in [4.78, 5) is 28.5. The first-order chi connectivity index (χ1) is 9.66. The van der Waals surface area contributed by atoms with Crippen LogP contribution in [0.3, 0.4) is 0 Å². The Kier molecular flexibility index (Phi) is 5.05. The number of amides is 1. The molecule has 1 atom stereocenters. The highest BCUT2D eigenvalue weighted by Crippen LogP contribution is 2.10. The van der Waals surface area contributed by atoms with E-state index in [0.29, 0.717) is 32.5 Å². The minimum Gasteiger partial charge on any atom is -0.481 e. The zero-order valence-corrected chi connectivity index (χ0v) is 11.1. The second-order valence-electron chi connectivity index (χ2n) is 4.71. The molecule has 1 aromatic rings. The number of carbonyl (C=O) groups is 2. The first-order valence-electron chi connectivity index (χ1n) is 6.57. The molecule has 1 saturated heterocycles. The first kappa shape index (κ1) is 14.4. The fourth-order valence-electron chi connectivity index (χ4n) is 2.08. The summed E-state index contributed by atoms with van der Waals surface area (Å²) in [5.41, 5.74) is 0. The summed E-state index contributed by atoms with van der Waals surface area (Å²) in [5, 5.41) is 13.0. The van der Waals surface area contributed by atoms with E-state index in [4.69, 9.17) is 9.84 Å². The second kappa shape index (κ2) is 6.99. The van der Waals surface area contributed by atoms with Crippen molar-refractivity contribution in [2.75, 3.05) is 26.3 Å². The molecular formula is C12H18N4O4. The van der Waals surface area contributed by atoms with Crippen LogP contribution in [-0.4, -0.2) is 63.0 Å². The van der Waals surface area contributed by atoms with Gasteiger partial charge in [0, 0.05) is 26.1 Å². The lowest BCUT2D eigenvalue weighted by Crippen LogP contribution is -2.38. The minimum absolute atomic E-state index is 0.0399. The summed E-state index contributed by atoms with van der Waals surface area (Å²) >= 11 is 0. The normalized spacial score (nSPS) is 19.6. The molecule has 1 N–H and O–H groups in total. The van der Waals surface area contributed by atoms with Gasteiger partial charge in [-0.3, -0.25) is 14.3 Å². The molecule has 0 spiro atoms. The van der Waals surface area contributed by atoms with Crippen molar-refractivity contribution in [1.82, 2.24) is 19.7 Å². The Bertz CT molecular complexity index is 448. The fourth-order valence-corrected chi connectivity index (χ4v) is 2.08. The van der Waals surface area contributed by atoms with Crippen molar-refractivity contribution in [1.29, 1.82) is 0 Å². The predicted octanol–water partition coefficient (Wildman–Crippen LogP) is -0.382. The molecule has 1 fully saturated rings. The number of carboxylic acids is 1. The average Bonchev–Trinajstić information content (AvgIpc) is 2.80. The zero-order chi connectivity index (χ0) is 14.4. The van der Waals surface area contributed by atoms with Crippen molar-refractivity contribution in [2.45, 2.75) is 19.4 Å². The van der Waals surface area contributed by atoms with Gasteiger partial charge < -0.3 is 14.7 Å². The number of carboxylic acid groups (broad SMARTS) is 1. The molecule has 8 heteroatoms. The topological polar surface area (TPSA) is 97.6 Å². The van der Waals surface area contributed by atoms with Gasteiger partial charge in [-0.15, -0.1) is 0 Å². The third-order valence-electron chi connectivity index (χ3n) is 3.21. The molecule has 0 aliphatic carbocycles. The van der Waals surface area contributed by atoms with E-state index in [1.54, 1.807) is 15.9 Å². The van der Waals surface area contributed by atoms with Gasteiger partial charge in [0.25, 0.3) is 0 Å².